The predicted octanol–water partition coefficient (Wildman–Crippen LogP) is 2.29. The van der Waals surface area contributed by atoms with Gasteiger partial charge in [-0.05, 0) is 24.3 Å². The van der Waals surface area contributed by atoms with Crippen LogP contribution in [-0.4, -0.2) is 131 Å². The van der Waals surface area contributed by atoms with Crippen LogP contribution < -0.4 is 24.4 Å². The first-order valence-electron chi connectivity index (χ1n) is 15.6. The molecule has 2 heterocycles. The molecule has 2 aromatic rings. The first-order chi connectivity index (χ1) is 22.9. The maximum atomic E-state index is 6.28. The number of hydrazone groups is 1. The van der Waals surface area contributed by atoms with Crippen molar-refractivity contribution in [2.24, 2.45) is 5.10 Å². The molecule has 0 amide bonds. The van der Waals surface area contributed by atoms with Gasteiger partial charge >= 0.3 is 0 Å². The third kappa shape index (κ3) is 14.9. The standard InChI is InChI=1S/C32H46N2O12/c1-3-7-29-27(5-1)43-23-21-39-15-13-35-9-11-37-17-19-41-25-31(45-29)33-34-32-26-42-20-18-38-12-10-36-14-16-40-22-24-44-28-6-2-4-8-30(28)46-32/h1-8,31,33H,9-26H2. The van der Waals surface area contributed by atoms with Gasteiger partial charge in [-0.2, -0.15) is 0 Å². The van der Waals surface area contributed by atoms with Gasteiger partial charge in [0.05, 0.1) is 92.5 Å². The Hall–Kier alpha value is -3.21. The highest BCUT2D eigenvalue weighted by Gasteiger charge is 2.16. The molecule has 1 atom stereocenters. The number of nitrogens with one attached hydrogen (secondary N) is 1. The van der Waals surface area contributed by atoms with E-state index in [4.69, 9.17) is 56.8 Å². The number of ether oxygens (including phenoxy) is 12. The van der Waals surface area contributed by atoms with Gasteiger partial charge in [0, 0.05) is 0 Å². The Bertz CT molecular complexity index is 1110. The number of hydrogen-bond donors (Lipinski definition) is 1. The van der Waals surface area contributed by atoms with Crippen LogP contribution in [0.4, 0.5) is 0 Å². The molecule has 46 heavy (non-hydrogen) atoms. The average Bonchev–Trinajstić information content (AvgIpc) is 3.07. The summed E-state index contributed by atoms with van der Waals surface area (Å²) in [6.07, 6.45) is -0.723. The van der Waals surface area contributed by atoms with Crippen LogP contribution >= 0.6 is 0 Å². The van der Waals surface area contributed by atoms with Crippen molar-refractivity contribution >= 4 is 5.90 Å². The van der Waals surface area contributed by atoms with Gasteiger partial charge in [-0.15, -0.1) is 5.10 Å². The highest BCUT2D eigenvalue weighted by molar-refractivity contribution is 5.80. The van der Waals surface area contributed by atoms with E-state index >= 15 is 0 Å². The molecule has 2 aromatic carbocycles. The fraction of sp³-hybridized carbons (Fsp3) is 0.594. The zero-order chi connectivity index (χ0) is 31.7. The molecule has 1 unspecified atom stereocenters. The Morgan fingerprint density at radius 3 is 1.41 bits per heavy atom. The molecule has 2 aliphatic rings. The molecule has 0 aromatic heterocycles. The number of para-hydroxylation sites is 4. The molecule has 0 fully saturated rings. The molecule has 2 aliphatic heterocycles. The van der Waals surface area contributed by atoms with Gasteiger partial charge in [0.1, 0.15) is 26.4 Å². The summed E-state index contributed by atoms with van der Waals surface area (Å²) in [6.45, 7) is 6.89. The molecule has 4 rings (SSSR count). The van der Waals surface area contributed by atoms with Crippen LogP contribution in [-0.2, 0) is 37.9 Å². The Balaban J connectivity index is 1.46. The van der Waals surface area contributed by atoms with E-state index in [0.29, 0.717) is 129 Å². The van der Waals surface area contributed by atoms with Crippen LogP contribution in [0.3, 0.4) is 0 Å². The zero-order valence-electron chi connectivity index (χ0n) is 26.3. The summed E-state index contributed by atoms with van der Waals surface area (Å²) in [4.78, 5) is 0. The normalized spacial score (nSPS) is 22.3. The largest absolute Gasteiger partial charge is 0.487 e. The molecule has 0 saturated heterocycles. The lowest BCUT2D eigenvalue weighted by atomic mass is 10.3. The molecule has 0 aliphatic carbocycles. The number of fused-ring (bicyclic) bond motifs is 2. The molecule has 0 spiro atoms. The van der Waals surface area contributed by atoms with E-state index in [9.17, 15) is 0 Å². The lowest BCUT2D eigenvalue weighted by Crippen LogP contribution is -2.37. The maximum absolute atomic E-state index is 6.28. The maximum Gasteiger partial charge on any atom is 0.237 e. The lowest BCUT2D eigenvalue weighted by Gasteiger charge is -2.22. The SMILES string of the molecule is c1ccc2c(c1)OCCOCCOCCOCCOCC(=NNC1COCCOCCOCCOCCOc3ccccc3O1)O2. The summed E-state index contributed by atoms with van der Waals surface area (Å²) in [7, 11) is 0. The van der Waals surface area contributed by atoms with Crippen molar-refractivity contribution in [3.63, 3.8) is 0 Å². The lowest BCUT2D eigenvalue weighted by molar-refractivity contribution is -0.0213. The zero-order valence-corrected chi connectivity index (χ0v) is 26.3. The van der Waals surface area contributed by atoms with E-state index in [0.717, 1.165) is 0 Å². The highest BCUT2D eigenvalue weighted by Crippen LogP contribution is 2.28. The van der Waals surface area contributed by atoms with Crippen molar-refractivity contribution in [2.75, 3.05) is 119 Å². The number of nitrogens with zero attached hydrogens (tertiary/aromatic N) is 1. The fourth-order valence-corrected chi connectivity index (χ4v) is 4.02. The summed E-state index contributed by atoms with van der Waals surface area (Å²) in [6, 6.07) is 14.7. The topological polar surface area (TPSA) is 135 Å². The minimum absolute atomic E-state index is 0.0491. The third-order valence-corrected chi connectivity index (χ3v) is 6.23. The van der Waals surface area contributed by atoms with Crippen LogP contribution in [0.25, 0.3) is 0 Å². The molecule has 14 heteroatoms. The van der Waals surface area contributed by atoms with Crippen molar-refractivity contribution in [1.82, 2.24) is 5.43 Å². The quantitative estimate of drug-likeness (QED) is 0.477. The van der Waals surface area contributed by atoms with Gasteiger partial charge in [0.25, 0.3) is 0 Å². The molecule has 14 nitrogen and oxygen atoms in total. The van der Waals surface area contributed by atoms with Crippen molar-refractivity contribution in [2.45, 2.75) is 6.23 Å². The van der Waals surface area contributed by atoms with Gasteiger partial charge < -0.3 is 56.8 Å². The molecule has 0 saturated carbocycles. The minimum Gasteiger partial charge on any atom is -0.487 e. The van der Waals surface area contributed by atoms with Gasteiger partial charge in [0.2, 0.25) is 12.1 Å². The summed E-state index contributed by atoms with van der Waals surface area (Å²) < 4.78 is 69.4. The second-order valence-corrected chi connectivity index (χ2v) is 9.74. The van der Waals surface area contributed by atoms with Crippen LogP contribution in [0.1, 0.15) is 0 Å². The summed E-state index contributed by atoms with van der Waals surface area (Å²) in [5.74, 6) is 2.31. The van der Waals surface area contributed by atoms with E-state index in [-0.39, 0.29) is 19.1 Å². The molecular weight excluding hydrogens is 604 g/mol. The Morgan fingerprint density at radius 1 is 0.457 bits per heavy atom. The van der Waals surface area contributed by atoms with E-state index in [1.165, 1.54) is 0 Å². The van der Waals surface area contributed by atoms with Gasteiger partial charge in [0.15, 0.2) is 23.0 Å². The van der Waals surface area contributed by atoms with Crippen LogP contribution in [0.2, 0.25) is 0 Å². The van der Waals surface area contributed by atoms with Gasteiger partial charge in [-0.25, -0.2) is 0 Å². The van der Waals surface area contributed by atoms with Crippen molar-refractivity contribution in [1.29, 1.82) is 0 Å². The predicted molar refractivity (Wildman–Crippen MR) is 166 cm³/mol. The minimum atomic E-state index is -0.723. The molecule has 0 radical (unpaired) electrons. The van der Waals surface area contributed by atoms with E-state index in [1.54, 1.807) is 6.07 Å². The Labute approximate surface area is 270 Å². The van der Waals surface area contributed by atoms with Crippen LogP contribution in [0.15, 0.2) is 53.6 Å². The van der Waals surface area contributed by atoms with Crippen LogP contribution in [0.5, 0.6) is 23.0 Å². The van der Waals surface area contributed by atoms with E-state index < -0.39 is 6.23 Å². The number of hydrogen-bond acceptors (Lipinski definition) is 14. The average molecular weight is 651 g/mol. The Morgan fingerprint density at radius 2 is 0.870 bits per heavy atom. The monoisotopic (exact) mass is 650 g/mol. The summed E-state index contributed by atoms with van der Waals surface area (Å²) in [5.41, 5.74) is 3.04. The van der Waals surface area contributed by atoms with Gasteiger partial charge in [-0.1, -0.05) is 24.3 Å². The fourth-order valence-electron chi connectivity index (χ4n) is 4.02. The second kappa shape index (κ2) is 23.2. The Kier molecular flexibility index (Phi) is 17.9. The summed E-state index contributed by atoms with van der Waals surface area (Å²) >= 11 is 0. The smallest absolute Gasteiger partial charge is 0.237 e. The molecule has 0 bridgehead atoms. The molecule has 256 valence electrons. The second-order valence-electron chi connectivity index (χ2n) is 9.74. The van der Waals surface area contributed by atoms with Crippen molar-refractivity contribution < 1.29 is 56.8 Å². The van der Waals surface area contributed by atoms with Crippen molar-refractivity contribution in [3.8, 4) is 23.0 Å². The first kappa shape index (κ1) is 35.6. The molecule has 1 N–H and O–H groups in total. The summed E-state index contributed by atoms with van der Waals surface area (Å²) in [5, 5.41) is 4.53. The third-order valence-electron chi connectivity index (χ3n) is 6.23. The number of benzene rings is 2. The molecular formula is C32H46N2O12. The van der Waals surface area contributed by atoms with Gasteiger partial charge in [-0.3, -0.25) is 5.43 Å². The van der Waals surface area contributed by atoms with Crippen LogP contribution in [0, 0.1) is 0 Å². The van der Waals surface area contributed by atoms with E-state index in [2.05, 4.69) is 10.5 Å². The van der Waals surface area contributed by atoms with E-state index in [1.807, 2.05) is 42.5 Å². The van der Waals surface area contributed by atoms with Crippen molar-refractivity contribution in [3.05, 3.63) is 48.5 Å². The highest BCUT2D eigenvalue weighted by atomic mass is 16.6. The number of rotatable bonds is 2. The first-order valence-corrected chi connectivity index (χ1v) is 15.6.